The molecule has 0 saturated carbocycles. The van der Waals surface area contributed by atoms with Gasteiger partial charge in [-0.1, -0.05) is 11.6 Å². The molecule has 1 N–H and O–H groups in total. The molecular formula is C18H16ClN5O2. The van der Waals surface area contributed by atoms with Crippen molar-refractivity contribution in [3.63, 3.8) is 0 Å². The molecule has 4 rings (SSSR count). The first-order valence-corrected chi connectivity index (χ1v) is 8.54. The lowest BCUT2D eigenvalue weighted by Gasteiger charge is -2.22. The molecule has 2 unspecified atom stereocenters. The third kappa shape index (κ3) is 3.31. The van der Waals surface area contributed by atoms with E-state index in [2.05, 4.69) is 20.4 Å². The fourth-order valence-electron chi connectivity index (χ4n) is 2.95. The predicted molar refractivity (Wildman–Crippen MR) is 98.2 cm³/mol. The molecule has 0 aromatic carbocycles. The summed E-state index contributed by atoms with van der Waals surface area (Å²) >= 11 is 6.18. The van der Waals surface area contributed by atoms with Crippen LogP contribution in [-0.2, 0) is 4.74 Å². The molecule has 1 aliphatic rings. The lowest BCUT2D eigenvalue weighted by Crippen LogP contribution is -2.37. The van der Waals surface area contributed by atoms with E-state index < -0.39 is 0 Å². The van der Waals surface area contributed by atoms with Gasteiger partial charge in [-0.25, -0.2) is 4.68 Å². The van der Waals surface area contributed by atoms with Crippen LogP contribution in [0, 0.1) is 0 Å². The van der Waals surface area contributed by atoms with Gasteiger partial charge in [-0.3, -0.25) is 14.8 Å². The number of hydrogen-bond donors (Lipinski definition) is 1. The highest BCUT2D eigenvalue weighted by Crippen LogP contribution is 2.26. The van der Waals surface area contributed by atoms with Crippen molar-refractivity contribution in [3.8, 4) is 11.3 Å². The Morgan fingerprint density at radius 2 is 1.88 bits per heavy atom. The summed E-state index contributed by atoms with van der Waals surface area (Å²) in [6, 6.07) is 8.37. The van der Waals surface area contributed by atoms with E-state index in [0.717, 1.165) is 11.3 Å². The van der Waals surface area contributed by atoms with Crippen LogP contribution in [0.1, 0.15) is 6.04 Å². The van der Waals surface area contributed by atoms with Crippen LogP contribution in [0.3, 0.4) is 0 Å². The Balaban J connectivity index is 1.65. The van der Waals surface area contributed by atoms with E-state index >= 15 is 0 Å². The van der Waals surface area contributed by atoms with E-state index in [1.54, 1.807) is 36.9 Å². The first-order chi connectivity index (χ1) is 12.7. The molecule has 7 nitrogen and oxygen atoms in total. The summed E-state index contributed by atoms with van der Waals surface area (Å²) in [4.78, 5) is 20.4. The average molecular weight is 370 g/mol. The molecular weight excluding hydrogens is 354 g/mol. The van der Waals surface area contributed by atoms with Gasteiger partial charge in [-0.05, 0) is 24.3 Å². The fraction of sp³-hybridized carbons (Fsp3) is 0.222. The van der Waals surface area contributed by atoms with Crippen LogP contribution < -0.4 is 10.9 Å². The van der Waals surface area contributed by atoms with Crippen LogP contribution in [0.25, 0.3) is 11.3 Å². The number of nitrogens with one attached hydrogen (secondary N) is 1. The summed E-state index contributed by atoms with van der Waals surface area (Å²) in [5, 5.41) is 8.40. The third-order valence-electron chi connectivity index (χ3n) is 4.28. The molecule has 2 atom stereocenters. The van der Waals surface area contributed by atoms with Gasteiger partial charge in [0, 0.05) is 36.4 Å². The summed E-state index contributed by atoms with van der Waals surface area (Å²) in [6.45, 7) is 0.851. The SMILES string of the molecule is O=c1ccc(-c2ccncc2)nn1C1COCC1Nc1ccncc1Cl. The highest BCUT2D eigenvalue weighted by atomic mass is 35.5. The molecule has 1 aliphatic heterocycles. The predicted octanol–water partition coefficient (Wildman–Crippen LogP) is 2.41. The first-order valence-electron chi connectivity index (χ1n) is 8.16. The van der Waals surface area contributed by atoms with Gasteiger partial charge >= 0.3 is 0 Å². The Labute approximate surface area is 154 Å². The van der Waals surface area contributed by atoms with E-state index in [9.17, 15) is 4.79 Å². The fourth-order valence-corrected chi connectivity index (χ4v) is 3.13. The van der Waals surface area contributed by atoms with Crippen molar-refractivity contribution in [2.75, 3.05) is 18.5 Å². The number of hydrogen-bond acceptors (Lipinski definition) is 6. The number of ether oxygens (including phenoxy) is 1. The number of pyridine rings is 2. The zero-order valence-electron chi connectivity index (χ0n) is 13.7. The average Bonchev–Trinajstić information content (AvgIpc) is 3.13. The van der Waals surface area contributed by atoms with Crippen molar-refractivity contribution in [1.29, 1.82) is 0 Å². The lowest BCUT2D eigenvalue weighted by molar-refractivity contribution is 0.183. The molecule has 0 bridgehead atoms. The quantitative estimate of drug-likeness (QED) is 0.760. The summed E-state index contributed by atoms with van der Waals surface area (Å²) in [5.74, 6) is 0. The Hall–Kier alpha value is -2.77. The number of anilines is 1. The van der Waals surface area contributed by atoms with E-state index in [-0.39, 0.29) is 17.6 Å². The van der Waals surface area contributed by atoms with Crippen molar-refractivity contribution in [2.24, 2.45) is 0 Å². The van der Waals surface area contributed by atoms with Crippen LogP contribution in [-0.4, -0.2) is 39.0 Å². The van der Waals surface area contributed by atoms with Gasteiger partial charge in [0.05, 0.1) is 35.7 Å². The Morgan fingerprint density at radius 3 is 2.69 bits per heavy atom. The second kappa shape index (κ2) is 7.23. The zero-order chi connectivity index (χ0) is 17.9. The van der Waals surface area contributed by atoms with Gasteiger partial charge in [0.15, 0.2) is 0 Å². The second-order valence-corrected chi connectivity index (χ2v) is 6.36. The van der Waals surface area contributed by atoms with Crippen LogP contribution in [0.2, 0.25) is 5.02 Å². The molecule has 0 radical (unpaired) electrons. The zero-order valence-corrected chi connectivity index (χ0v) is 14.5. The number of rotatable bonds is 4. The molecule has 26 heavy (non-hydrogen) atoms. The van der Waals surface area contributed by atoms with Crippen molar-refractivity contribution >= 4 is 17.3 Å². The topological polar surface area (TPSA) is 81.9 Å². The monoisotopic (exact) mass is 369 g/mol. The summed E-state index contributed by atoms with van der Waals surface area (Å²) in [5.41, 5.74) is 2.18. The summed E-state index contributed by atoms with van der Waals surface area (Å²) in [6.07, 6.45) is 6.62. The smallest absolute Gasteiger partial charge is 0.267 e. The van der Waals surface area contributed by atoms with Gasteiger partial charge in [-0.2, -0.15) is 5.10 Å². The van der Waals surface area contributed by atoms with Gasteiger partial charge in [0.25, 0.3) is 5.56 Å². The number of nitrogens with zero attached hydrogens (tertiary/aromatic N) is 4. The molecule has 132 valence electrons. The third-order valence-corrected chi connectivity index (χ3v) is 4.58. The highest BCUT2D eigenvalue weighted by Gasteiger charge is 2.32. The van der Waals surface area contributed by atoms with E-state index in [1.165, 1.54) is 10.7 Å². The molecule has 8 heteroatoms. The standard InChI is InChI=1S/C18H16ClN5O2/c19-13-9-21-8-5-15(13)22-16-10-26-11-17(16)24-18(25)2-1-14(23-24)12-3-6-20-7-4-12/h1-9,16-17H,10-11H2,(H,21,22). The van der Waals surface area contributed by atoms with E-state index in [1.807, 2.05) is 12.1 Å². The van der Waals surface area contributed by atoms with Gasteiger partial charge in [0.2, 0.25) is 0 Å². The molecule has 1 saturated heterocycles. The molecule has 1 fully saturated rings. The number of halogens is 1. The van der Waals surface area contributed by atoms with E-state index in [0.29, 0.717) is 23.9 Å². The van der Waals surface area contributed by atoms with Gasteiger partial charge < -0.3 is 10.1 Å². The van der Waals surface area contributed by atoms with Crippen molar-refractivity contribution < 1.29 is 4.74 Å². The Morgan fingerprint density at radius 1 is 1.08 bits per heavy atom. The second-order valence-electron chi connectivity index (χ2n) is 5.95. The van der Waals surface area contributed by atoms with E-state index in [4.69, 9.17) is 16.3 Å². The van der Waals surface area contributed by atoms with Crippen LogP contribution in [0.4, 0.5) is 5.69 Å². The molecule has 0 aliphatic carbocycles. The molecule has 3 aromatic heterocycles. The minimum Gasteiger partial charge on any atom is -0.377 e. The largest absolute Gasteiger partial charge is 0.377 e. The maximum Gasteiger partial charge on any atom is 0.267 e. The van der Waals surface area contributed by atoms with Crippen molar-refractivity contribution in [2.45, 2.75) is 12.1 Å². The van der Waals surface area contributed by atoms with Gasteiger partial charge in [-0.15, -0.1) is 0 Å². The highest BCUT2D eigenvalue weighted by molar-refractivity contribution is 6.33. The van der Waals surface area contributed by atoms with Crippen LogP contribution in [0.15, 0.2) is 59.9 Å². The minimum absolute atomic E-state index is 0.132. The minimum atomic E-state index is -0.242. The van der Waals surface area contributed by atoms with Crippen molar-refractivity contribution in [3.05, 3.63) is 70.5 Å². The lowest BCUT2D eigenvalue weighted by atomic mass is 10.1. The molecule has 4 heterocycles. The Kier molecular flexibility index (Phi) is 4.64. The number of aromatic nitrogens is 4. The maximum absolute atomic E-state index is 12.4. The van der Waals surface area contributed by atoms with Gasteiger partial charge in [0.1, 0.15) is 6.04 Å². The summed E-state index contributed by atoms with van der Waals surface area (Å²) in [7, 11) is 0. The van der Waals surface area contributed by atoms with Crippen LogP contribution >= 0.6 is 11.6 Å². The van der Waals surface area contributed by atoms with Crippen molar-refractivity contribution in [1.82, 2.24) is 19.7 Å². The normalized spacial score (nSPS) is 19.4. The molecule has 0 amide bonds. The first kappa shape index (κ1) is 16.7. The Bertz CT molecular complexity index is 963. The van der Waals surface area contributed by atoms with Crippen LogP contribution in [0.5, 0.6) is 0 Å². The molecule has 0 spiro atoms. The maximum atomic E-state index is 12.4. The summed E-state index contributed by atoms with van der Waals surface area (Å²) < 4.78 is 7.09. The molecule has 3 aromatic rings.